The second-order valence-corrected chi connectivity index (χ2v) is 12.8. The predicted molar refractivity (Wildman–Crippen MR) is 168 cm³/mol. The maximum absolute atomic E-state index is 14.5. The molecule has 228 valence electrons. The Balaban J connectivity index is 1.51. The van der Waals surface area contributed by atoms with Gasteiger partial charge in [0.1, 0.15) is 11.6 Å². The molecule has 8 nitrogen and oxygen atoms in total. The van der Waals surface area contributed by atoms with E-state index in [0.29, 0.717) is 52.0 Å². The smallest absolute Gasteiger partial charge is 0.248 e. The molecular formula is C34H40BrN3O5. The Morgan fingerprint density at radius 1 is 0.953 bits per heavy atom. The quantitative estimate of drug-likeness (QED) is 0.190. The molecule has 3 fully saturated rings. The standard InChI is InChI=1S/C34H40BrN3O5/c1-3-17-36(22-24-13-7-5-8-14-24)31(40)27-28-32(41)38(19-11-12-20-39)30(34(28)21-26(35)29(27)43-34)33(42)37(18-4-2)23-25-15-9-6-10-16-25/h3-10,13-16,26-30,39H,1-2,11-12,17-23H2/t26?,27-,28+,29-,30?,34?/m1/s1. The summed E-state index contributed by atoms with van der Waals surface area (Å²) in [5.41, 5.74) is 0.797. The number of nitrogens with zero attached hydrogens (tertiary/aromatic N) is 3. The van der Waals surface area contributed by atoms with E-state index in [1.807, 2.05) is 60.7 Å². The zero-order valence-electron chi connectivity index (χ0n) is 24.4. The molecule has 5 rings (SSSR count). The van der Waals surface area contributed by atoms with E-state index in [0.717, 1.165) is 11.1 Å². The third-order valence-corrected chi connectivity index (χ3v) is 9.71. The number of amides is 3. The fourth-order valence-electron chi connectivity index (χ4n) is 7.09. The summed E-state index contributed by atoms with van der Waals surface area (Å²) in [6.07, 6.45) is 4.31. The Hall–Kier alpha value is -3.27. The summed E-state index contributed by atoms with van der Waals surface area (Å²) in [5, 5.41) is 9.47. The third kappa shape index (κ3) is 5.95. The average Bonchev–Trinajstić information content (AvgIpc) is 3.60. The Morgan fingerprint density at radius 2 is 1.51 bits per heavy atom. The van der Waals surface area contributed by atoms with Gasteiger partial charge in [-0.05, 0) is 30.4 Å². The van der Waals surface area contributed by atoms with E-state index in [1.165, 1.54) is 0 Å². The van der Waals surface area contributed by atoms with Gasteiger partial charge >= 0.3 is 0 Å². The molecule has 0 aliphatic carbocycles. The molecule has 2 aromatic carbocycles. The molecule has 1 spiro atoms. The number of ether oxygens (including phenoxy) is 1. The Bertz CT molecular complexity index is 1320. The maximum atomic E-state index is 14.5. The Morgan fingerprint density at radius 3 is 2.05 bits per heavy atom. The number of carbonyl (C=O) groups is 3. The highest BCUT2D eigenvalue weighted by atomic mass is 79.9. The largest absolute Gasteiger partial charge is 0.396 e. The molecule has 43 heavy (non-hydrogen) atoms. The second-order valence-electron chi connectivity index (χ2n) is 11.6. The third-order valence-electron chi connectivity index (χ3n) is 8.87. The van der Waals surface area contributed by atoms with Crippen LogP contribution in [0.5, 0.6) is 0 Å². The molecule has 2 aromatic rings. The Kier molecular flexibility index (Phi) is 9.84. The molecule has 3 amide bonds. The van der Waals surface area contributed by atoms with Crippen LogP contribution in [0.4, 0.5) is 0 Å². The normalized spacial score (nSPS) is 27.2. The molecule has 9 heteroatoms. The van der Waals surface area contributed by atoms with Crippen LogP contribution in [-0.2, 0) is 32.2 Å². The number of unbranched alkanes of at least 4 members (excludes halogenated alkanes) is 1. The molecule has 3 unspecified atom stereocenters. The molecule has 0 aromatic heterocycles. The van der Waals surface area contributed by atoms with Crippen LogP contribution in [0, 0.1) is 11.8 Å². The van der Waals surface area contributed by atoms with Crippen LogP contribution in [0.2, 0.25) is 0 Å². The van der Waals surface area contributed by atoms with Gasteiger partial charge in [0.15, 0.2) is 0 Å². The summed E-state index contributed by atoms with van der Waals surface area (Å²) >= 11 is 3.77. The second kappa shape index (κ2) is 13.6. The van der Waals surface area contributed by atoms with Crippen molar-refractivity contribution < 1.29 is 24.2 Å². The zero-order valence-corrected chi connectivity index (χ0v) is 26.0. The van der Waals surface area contributed by atoms with Gasteiger partial charge in [-0.2, -0.15) is 0 Å². The van der Waals surface area contributed by atoms with Gasteiger partial charge in [0.2, 0.25) is 17.7 Å². The number of hydrogen-bond donors (Lipinski definition) is 1. The van der Waals surface area contributed by atoms with Gasteiger partial charge in [0.25, 0.3) is 0 Å². The van der Waals surface area contributed by atoms with Crippen LogP contribution in [-0.4, -0.2) is 86.3 Å². The van der Waals surface area contributed by atoms with Crippen LogP contribution in [0.25, 0.3) is 0 Å². The molecule has 3 saturated heterocycles. The average molecular weight is 651 g/mol. The van der Waals surface area contributed by atoms with Crippen molar-refractivity contribution in [1.82, 2.24) is 14.7 Å². The first-order valence-electron chi connectivity index (χ1n) is 15.0. The van der Waals surface area contributed by atoms with E-state index >= 15 is 0 Å². The Labute approximate surface area is 262 Å². The number of carbonyl (C=O) groups excluding carboxylic acids is 3. The first-order chi connectivity index (χ1) is 20.9. The highest BCUT2D eigenvalue weighted by molar-refractivity contribution is 9.09. The number of hydrogen-bond acceptors (Lipinski definition) is 5. The van der Waals surface area contributed by atoms with Crippen molar-refractivity contribution >= 4 is 33.7 Å². The molecule has 3 aliphatic heterocycles. The van der Waals surface area contributed by atoms with Gasteiger partial charge in [0.05, 0.1) is 17.9 Å². The highest BCUT2D eigenvalue weighted by Gasteiger charge is 2.76. The van der Waals surface area contributed by atoms with Gasteiger partial charge in [-0.15, -0.1) is 13.2 Å². The lowest BCUT2D eigenvalue weighted by atomic mass is 9.70. The van der Waals surface area contributed by atoms with E-state index in [4.69, 9.17) is 4.74 Å². The van der Waals surface area contributed by atoms with Gasteiger partial charge < -0.3 is 24.5 Å². The molecule has 6 atom stereocenters. The lowest BCUT2D eigenvalue weighted by molar-refractivity contribution is -0.149. The van der Waals surface area contributed by atoms with Crippen LogP contribution < -0.4 is 0 Å². The van der Waals surface area contributed by atoms with Crippen molar-refractivity contribution in [3.05, 3.63) is 97.1 Å². The number of halogens is 1. The summed E-state index contributed by atoms with van der Waals surface area (Å²) in [6.45, 7) is 9.39. The van der Waals surface area contributed by atoms with Gasteiger partial charge in [-0.25, -0.2) is 0 Å². The summed E-state index contributed by atoms with van der Waals surface area (Å²) < 4.78 is 6.72. The zero-order chi connectivity index (χ0) is 30.6. The number of benzene rings is 2. The number of likely N-dealkylation sites (tertiary alicyclic amines) is 1. The minimum absolute atomic E-state index is 0.00896. The molecule has 2 bridgehead atoms. The maximum Gasteiger partial charge on any atom is 0.248 e. The topological polar surface area (TPSA) is 90.4 Å². The predicted octanol–water partition coefficient (Wildman–Crippen LogP) is 3.94. The van der Waals surface area contributed by atoms with E-state index in [2.05, 4.69) is 29.1 Å². The summed E-state index contributed by atoms with van der Waals surface area (Å²) in [4.78, 5) is 48.1. The number of fused-ring (bicyclic) bond motifs is 1. The lowest BCUT2D eigenvalue weighted by Crippen LogP contribution is -2.57. The molecule has 0 radical (unpaired) electrons. The molecule has 3 heterocycles. The summed E-state index contributed by atoms with van der Waals surface area (Å²) in [7, 11) is 0. The van der Waals surface area contributed by atoms with Gasteiger partial charge in [0, 0.05) is 44.2 Å². The number of rotatable bonds is 14. The van der Waals surface area contributed by atoms with E-state index < -0.39 is 29.6 Å². The molecule has 0 saturated carbocycles. The molecule has 3 aliphatic rings. The first kappa shape index (κ1) is 31.2. The fourth-order valence-corrected chi connectivity index (χ4v) is 8.04. The van der Waals surface area contributed by atoms with Crippen LogP contribution in [0.1, 0.15) is 30.4 Å². The van der Waals surface area contributed by atoms with E-state index in [9.17, 15) is 19.5 Å². The summed E-state index contributed by atoms with van der Waals surface area (Å²) in [5.74, 6) is -2.15. The van der Waals surface area contributed by atoms with E-state index in [1.54, 1.807) is 26.9 Å². The SMILES string of the molecule is C=CCN(Cc1ccccc1)C(=O)C1N(CCCCO)C(=O)[C@@H]2[C@@H](C(=O)N(CC=C)Cc3ccccc3)[C@@H]3OC12CC3Br. The van der Waals surface area contributed by atoms with Gasteiger partial charge in [-0.3, -0.25) is 14.4 Å². The van der Waals surface area contributed by atoms with Crippen molar-refractivity contribution in [2.75, 3.05) is 26.2 Å². The number of aliphatic hydroxyl groups is 1. The first-order valence-corrected chi connectivity index (χ1v) is 15.9. The number of aliphatic hydroxyl groups excluding tert-OH is 1. The van der Waals surface area contributed by atoms with Crippen molar-refractivity contribution in [1.29, 1.82) is 0 Å². The lowest BCUT2D eigenvalue weighted by Gasteiger charge is -2.37. The molecule has 1 N–H and O–H groups in total. The fraction of sp³-hybridized carbons (Fsp3) is 0.441. The van der Waals surface area contributed by atoms with Crippen molar-refractivity contribution in [2.24, 2.45) is 11.8 Å². The van der Waals surface area contributed by atoms with E-state index in [-0.39, 0.29) is 29.2 Å². The minimum Gasteiger partial charge on any atom is -0.396 e. The highest BCUT2D eigenvalue weighted by Crippen LogP contribution is 2.60. The minimum atomic E-state index is -1.14. The monoisotopic (exact) mass is 649 g/mol. The summed E-state index contributed by atoms with van der Waals surface area (Å²) in [6, 6.07) is 18.5. The van der Waals surface area contributed by atoms with Gasteiger partial charge in [-0.1, -0.05) is 88.7 Å². The van der Waals surface area contributed by atoms with Crippen LogP contribution in [0.15, 0.2) is 86.0 Å². The van der Waals surface area contributed by atoms with Crippen LogP contribution >= 0.6 is 15.9 Å². The van der Waals surface area contributed by atoms with Crippen molar-refractivity contribution in [3.8, 4) is 0 Å². The van der Waals surface area contributed by atoms with Crippen molar-refractivity contribution in [3.63, 3.8) is 0 Å². The van der Waals surface area contributed by atoms with Crippen molar-refractivity contribution in [2.45, 2.75) is 54.9 Å². The van der Waals surface area contributed by atoms with Crippen LogP contribution in [0.3, 0.4) is 0 Å². The molecular weight excluding hydrogens is 610 g/mol. The number of alkyl halides is 1.